The summed E-state index contributed by atoms with van der Waals surface area (Å²) in [6.45, 7) is 4.69. The van der Waals surface area contributed by atoms with E-state index < -0.39 is 15.6 Å². The highest BCUT2D eigenvalue weighted by Gasteiger charge is 2.25. The van der Waals surface area contributed by atoms with Crippen LogP contribution in [0.15, 0.2) is 29.2 Å². The highest BCUT2D eigenvalue weighted by Crippen LogP contribution is 2.23. The van der Waals surface area contributed by atoms with Crippen molar-refractivity contribution in [1.29, 1.82) is 0 Å². The first-order valence-electron chi connectivity index (χ1n) is 6.67. The monoisotopic (exact) mass is 300 g/mol. The molecule has 1 unspecified atom stereocenters. The third-order valence-electron chi connectivity index (χ3n) is 3.35. The highest BCUT2D eigenvalue weighted by molar-refractivity contribution is 7.89. The first-order chi connectivity index (χ1) is 9.28. The summed E-state index contributed by atoms with van der Waals surface area (Å²) in [6, 6.07) is 6.64. The van der Waals surface area contributed by atoms with E-state index in [1.165, 1.54) is 18.4 Å². The van der Waals surface area contributed by atoms with E-state index >= 15 is 0 Å². The van der Waals surface area contributed by atoms with E-state index in [2.05, 4.69) is 12.2 Å². The molecule has 1 aromatic carbocycles. The number of nitrogens with zero attached hydrogens (tertiary/aromatic N) is 1. The summed E-state index contributed by atoms with van der Waals surface area (Å²) in [7, 11) is -0.405. The van der Waals surface area contributed by atoms with E-state index in [9.17, 15) is 13.5 Å². The number of aliphatic hydroxyl groups excluding tert-OH is 1. The second kappa shape index (κ2) is 6.67. The molecule has 0 saturated carbocycles. The van der Waals surface area contributed by atoms with Gasteiger partial charge in [-0.1, -0.05) is 19.1 Å². The Morgan fingerprint density at radius 2 is 1.80 bits per heavy atom. The second-order valence-electron chi connectivity index (χ2n) is 5.23. The minimum atomic E-state index is -3.41. The molecule has 0 bridgehead atoms. The maximum absolute atomic E-state index is 12.0. The van der Waals surface area contributed by atoms with Crippen LogP contribution in [0.4, 0.5) is 0 Å². The zero-order valence-electron chi connectivity index (χ0n) is 12.5. The van der Waals surface area contributed by atoms with Crippen LogP contribution in [-0.2, 0) is 15.6 Å². The molecular weight excluding hydrogens is 276 g/mol. The zero-order chi connectivity index (χ0) is 15.4. The van der Waals surface area contributed by atoms with Crippen molar-refractivity contribution in [3.63, 3.8) is 0 Å². The molecule has 1 rings (SSSR count). The van der Waals surface area contributed by atoms with Crippen molar-refractivity contribution in [1.82, 2.24) is 9.62 Å². The summed E-state index contributed by atoms with van der Waals surface area (Å²) in [4.78, 5) is 0.252. The second-order valence-corrected chi connectivity index (χ2v) is 7.38. The number of rotatable bonds is 7. The Balaban J connectivity index is 3.07. The van der Waals surface area contributed by atoms with E-state index in [1.54, 1.807) is 24.3 Å². The maximum Gasteiger partial charge on any atom is 0.242 e. The Labute approximate surface area is 121 Å². The van der Waals surface area contributed by atoms with Crippen LogP contribution in [0.25, 0.3) is 0 Å². The molecule has 0 heterocycles. The Kier molecular flexibility index (Phi) is 5.70. The van der Waals surface area contributed by atoms with Crippen LogP contribution in [0.1, 0.15) is 25.8 Å². The molecule has 0 aromatic heterocycles. The summed E-state index contributed by atoms with van der Waals surface area (Å²) in [6.07, 6.45) is 0.961. The smallest absolute Gasteiger partial charge is 0.242 e. The van der Waals surface area contributed by atoms with Gasteiger partial charge in [0.2, 0.25) is 10.0 Å². The lowest BCUT2D eigenvalue weighted by molar-refractivity contribution is 0.175. The van der Waals surface area contributed by atoms with E-state index in [-0.39, 0.29) is 11.5 Å². The number of hydrogen-bond acceptors (Lipinski definition) is 4. The van der Waals surface area contributed by atoms with Crippen LogP contribution in [-0.4, -0.2) is 45.1 Å². The lowest BCUT2D eigenvalue weighted by atomic mass is 9.93. The fourth-order valence-electron chi connectivity index (χ4n) is 1.86. The van der Waals surface area contributed by atoms with Gasteiger partial charge in [0.1, 0.15) is 0 Å². The Morgan fingerprint density at radius 1 is 1.25 bits per heavy atom. The third kappa shape index (κ3) is 3.58. The van der Waals surface area contributed by atoms with Gasteiger partial charge in [-0.05, 0) is 37.6 Å². The molecule has 2 N–H and O–H groups in total. The van der Waals surface area contributed by atoms with E-state index in [1.807, 2.05) is 6.92 Å². The predicted molar refractivity (Wildman–Crippen MR) is 80.0 cm³/mol. The predicted octanol–water partition coefficient (Wildman–Crippen LogP) is 1.14. The molecular formula is C14H24N2O3S. The zero-order valence-corrected chi connectivity index (χ0v) is 13.4. The van der Waals surface area contributed by atoms with Crippen LogP contribution < -0.4 is 5.32 Å². The maximum atomic E-state index is 12.0. The van der Waals surface area contributed by atoms with Gasteiger partial charge in [0.25, 0.3) is 0 Å². The molecule has 0 saturated heterocycles. The summed E-state index contributed by atoms with van der Waals surface area (Å²) in [5.41, 5.74) is 0.308. The van der Waals surface area contributed by atoms with Gasteiger partial charge in [-0.3, -0.25) is 0 Å². The molecule has 1 aromatic rings. The van der Waals surface area contributed by atoms with Crippen LogP contribution in [0.2, 0.25) is 0 Å². The molecule has 5 nitrogen and oxygen atoms in total. The van der Waals surface area contributed by atoms with E-state index in [0.29, 0.717) is 0 Å². The van der Waals surface area contributed by atoms with E-state index in [4.69, 9.17) is 0 Å². The fraction of sp³-hybridized carbons (Fsp3) is 0.571. The van der Waals surface area contributed by atoms with Crippen LogP contribution in [0.3, 0.4) is 0 Å². The molecule has 0 spiro atoms. The molecule has 0 amide bonds. The molecule has 114 valence electrons. The molecule has 0 radical (unpaired) electrons. The van der Waals surface area contributed by atoms with Crippen LogP contribution >= 0.6 is 0 Å². The van der Waals surface area contributed by atoms with Crippen molar-refractivity contribution >= 4 is 10.0 Å². The molecule has 0 aliphatic carbocycles. The van der Waals surface area contributed by atoms with Gasteiger partial charge in [0.05, 0.1) is 17.0 Å². The van der Waals surface area contributed by atoms with Gasteiger partial charge in [0.15, 0.2) is 0 Å². The first-order valence-corrected chi connectivity index (χ1v) is 8.11. The largest absolute Gasteiger partial charge is 0.394 e. The van der Waals surface area contributed by atoms with Gasteiger partial charge in [-0.25, -0.2) is 12.7 Å². The molecule has 0 fully saturated rings. The number of sulfonamides is 1. The third-order valence-corrected chi connectivity index (χ3v) is 5.18. The van der Waals surface area contributed by atoms with Crippen molar-refractivity contribution in [3.05, 3.63) is 29.8 Å². The molecule has 1 atom stereocenters. The topological polar surface area (TPSA) is 69.6 Å². The van der Waals surface area contributed by atoms with Crippen molar-refractivity contribution < 1.29 is 13.5 Å². The molecule has 6 heteroatoms. The lowest BCUT2D eigenvalue weighted by Gasteiger charge is -2.29. The number of benzene rings is 1. The van der Waals surface area contributed by atoms with Crippen LogP contribution in [0.5, 0.6) is 0 Å². The van der Waals surface area contributed by atoms with Crippen molar-refractivity contribution in [2.24, 2.45) is 0 Å². The Hall–Kier alpha value is -0.950. The fourth-order valence-corrected chi connectivity index (χ4v) is 2.76. The van der Waals surface area contributed by atoms with Crippen molar-refractivity contribution in [3.8, 4) is 0 Å². The van der Waals surface area contributed by atoms with Crippen LogP contribution in [0, 0.1) is 0 Å². The van der Waals surface area contributed by atoms with Gasteiger partial charge in [-0.15, -0.1) is 0 Å². The first kappa shape index (κ1) is 17.1. The Bertz CT molecular complexity index is 526. The summed E-state index contributed by atoms with van der Waals surface area (Å²) < 4.78 is 25.2. The SMILES string of the molecule is CCCNC(C)(CO)c1ccc(S(=O)(=O)N(C)C)cc1. The highest BCUT2D eigenvalue weighted by atomic mass is 32.2. The Morgan fingerprint density at radius 3 is 2.20 bits per heavy atom. The molecule has 20 heavy (non-hydrogen) atoms. The average molecular weight is 300 g/mol. The normalized spacial score (nSPS) is 15.3. The average Bonchev–Trinajstić information content (AvgIpc) is 2.44. The van der Waals surface area contributed by atoms with E-state index in [0.717, 1.165) is 18.5 Å². The summed E-state index contributed by atoms with van der Waals surface area (Å²) >= 11 is 0. The minimum Gasteiger partial charge on any atom is -0.394 e. The van der Waals surface area contributed by atoms with Gasteiger partial charge in [-0.2, -0.15) is 0 Å². The van der Waals surface area contributed by atoms with Gasteiger partial charge >= 0.3 is 0 Å². The standard InChI is InChI=1S/C14H24N2O3S/c1-5-10-15-14(2,11-17)12-6-8-13(9-7-12)20(18,19)16(3)4/h6-9,15,17H,5,10-11H2,1-4H3. The lowest BCUT2D eigenvalue weighted by Crippen LogP contribution is -2.43. The summed E-state index contributed by atoms with van der Waals surface area (Å²) in [5.74, 6) is 0. The summed E-state index contributed by atoms with van der Waals surface area (Å²) in [5, 5.41) is 12.9. The molecule has 0 aliphatic rings. The van der Waals surface area contributed by atoms with Gasteiger partial charge in [0, 0.05) is 14.1 Å². The number of nitrogens with one attached hydrogen (secondary N) is 1. The molecule has 0 aliphatic heterocycles. The number of aliphatic hydroxyl groups is 1. The van der Waals surface area contributed by atoms with Crippen molar-refractivity contribution in [2.75, 3.05) is 27.2 Å². The quantitative estimate of drug-likeness (QED) is 0.792. The minimum absolute atomic E-state index is 0.0488. The van der Waals surface area contributed by atoms with Gasteiger partial charge < -0.3 is 10.4 Å². The number of hydrogen-bond donors (Lipinski definition) is 2. The van der Waals surface area contributed by atoms with Crippen molar-refractivity contribution in [2.45, 2.75) is 30.7 Å².